The quantitative estimate of drug-likeness (QED) is 0.112. The number of aromatic nitrogens is 6. The van der Waals surface area contributed by atoms with Crippen molar-refractivity contribution in [1.82, 2.24) is 29.9 Å². The minimum absolute atomic E-state index is 0.261. The molecule has 5 aromatic heterocycles. The van der Waals surface area contributed by atoms with E-state index in [1.165, 1.54) is 36.9 Å². The molecular formula is C47H35ClF2N8O5. The molecule has 314 valence electrons. The average Bonchev–Trinajstić information content (AvgIpc) is 4.04. The average molecular weight is 865 g/mol. The van der Waals surface area contributed by atoms with Crippen LogP contribution in [-0.2, 0) is 22.7 Å². The van der Waals surface area contributed by atoms with Gasteiger partial charge in [0.1, 0.15) is 71.5 Å². The number of fused-ring (bicyclic) bond motifs is 2. The molecule has 10 rings (SSSR count). The Morgan fingerprint density at radius 2 is 1.08 bits per heavy atom. The summed E-state index contributed by atoms with van der Waals surface area (Å²) in [5.41, 5.74) is 5.52. The predicted octanol–water partition coefficient (Wildman–Crippen LogP) is 10.9. The Hall–Kier alpha value is -7.59. The molecule has 0 spiro atoms. The van der Waals surface area contributed by atoms with E-state index in [9.17, 15) is 8.78 Å². The number of rotatable bonds is 12. The maximum Gasteiger partial charge on any atom is 0.217 e. The number of halogens is 3. The molecule has 16 heteroatoms. The van der Waals surface area contributed by atoms with Crippen molar-refractivity contribution in [2.24, 2.45) is 0 Å². The van der Waals surface area contributed by atoms with Gasteiger partial charge in [0.05, 0.1) is 36.6 Å². The molecule has 2 N–H and O–H groups in total. The van der Waals surface area contributed by atoms with Gasteiger partial charge in [-0.05, 0) is 108 Å². The van der Waals surface area contributed by atoms with Crippen molar-refractivity contribution in [2.45, 2.75) is 19.5 Å². The summed E-state index contributed by atoms with van der Waals surface area (Å²) < 4.78 is 54.4. The number of hydrogen-bond acceptors (Lipinski definition) is 13. The van der Waals surface area contributed by atoms with Gasteiger partial charge in [-0.2, -0.15) is 0 Å². The molecule has 0 atom stereocenters. The highest BCUT2D eigenvalue weighted by atomic mass is 35.5. The largest absolute Gasteiger partial charge is 0.489 e. The van der Waals surface area contributed by atoms with Gasteiger partial charge in [0.25, 0.3) is 0 Å². The lowest BCUT2D eigenvalue weighted by molar-refractivity contribution is -0.0585. The summed E-state index contributed by atoms with van der Waals surface area (Å²) >= 11 is 5.98. The van der Waals surface area contributed by atoms with Crippen LogP contribution in [0.5, 0.6) is 11.5 Å². The van der Waals surface area contributed by atoms with Crippen molar-refractivity contribution < 1.29 is 32.1 Å². The van der Waals surface area contributed by atoms with E-state index in [-0.39, 0.29) is 11.6 Å². The summed E-state index contributed by atoms with van der Waals surface area (Å²) in [7, 11) is 0. The molecule has 6 heterocycles. The molecular weight excluding hydrogens is 830 g/mol. The smallest absolute Gasteiger partial charge is 0.217 e. The zero-order chi connectivity index (χ0) is 43.0. The molecule has 1 aliphatic heterocycles. The maximum absolute atomic E-state index is 13.1. The predicted molar refractivity (Wildman–Crippen MR) is 233 cm³/mol. The Bertz CT molecular complexity index is 2960. The molecule has 0 amide bonds. The van der Waals surface area contributed by atoms with Crippen LogP contribution in [0.4, 0.5) is 31.8 Å². The van der Waals surface area contributed by atoms with Gasteiger partial charge in [0.2, 0.25) is 6.29 Å². The van der Waals surface area contributed by atoms with Crippen LogP contribution in [0.2, 0.25) is 5.15 Å². The number of pyridine rings is 2. The van der Waals surface area contributed by atoms with E-state index in [2.05, 4.69) is 40.5 Å². The molecule has 13 nitrogen and oxygen atoms in total. The second-order valence-corrected chi connectivity index (χ2v) is 14.3. The number of anilines is 4. The third-order valence-corrected chi connectivity index (χ3v) is 9.82. The van der Waals surface area contributed by atoms with Crippen LogP contribution >= 0.6 is 11.6 Å². The summed E-state index contributed by atoms with van der Waals surface area (Å²) in [6.07, 6.45) is 5.78. The number of hydrogen-bond donors (Lipinski definition) is 2. The normalized spacial score (nSPS) is 12.5. The van der Waals surface area contributed by atoms with E-state index < -0.39 is 6.29 Å². The number of benzene rings is 4. The molecule has 0 aliphatic carbocycles. The zero-order valence-corrected chi connectivity index (χ0v) is 33.9. The minimum atomic E-state index is -0.484. The van der Waals surface area contributed by atoms with Crippen LogP contribution in [0, 0.1) is 11.6 Å². The van der Waals surface area contributed by atoms with Crippen molar-refractivity contribution >= 4 is 56.4 Å². The second kappa shape index (κ2) is 19.0. The Kier molecular flexibility index (Phi) is 12.3. The first kappa shape index (κ1) is 40.8. The fourth-order valence-corrected chi connectivity index (χ4v) is 6.56. The zero-order valence-electron chi connectivity index (χ0n) is 33.1. The van der Waals surface area contributed by atoms with Gasteiger partial charge in [-0.25, -0.2) is 33.7 Å². The summed E-state index contributed by atoms with van der Waals surface area (Å²) in [5, 5.41) is 8.55. The van der Waals surface area contributed by atoms with E-state index in [1.807, 2.05) is 66.7 Å². The first-order valence-corrected chi connectivity index (χ1v) is 20.0. The Labute approximate surface area is 363 Å². The molecule has 0 saturated carbocycles. The summed E-state index contributed by atoms with van der Waals surface area (Å²) in [6, 6.07) is 34.8. The van der Waals surface area contributed by atoms with Crippen LogP contribution in [-0.4, -0.2) is 43.1 Å². The molecule has 1 fully saturated rings. The van der Waals surface area contributed by atoms with Gasteiger partial charge in [-0.1, -0.05) is 35.9 Å². The minimum Gasteiger partial charge on any atom is -0.489 e. The lowest BCUT2D eigenvalue weighted by atomic mass is 10.2. The van der Waals surface area contributed by atoms with Crippen molar-refractivity contribution in [1.29, 1.82) is 0 Å². The fourth-order valence-electron chi connectivity index (χ4n) is 6.40. The molecule has 0 radical (unpaired) electrons. The van der Waals surface area contributed by atoms with Crippen LogP contribution in [0.1, 0.15) is 23.2 Å². The Morgan fingerprint density at radius 1 is 0.571 bits per heavy atom. The van der Waals surface area contributed by atoms with E-state index in [0.717, 1.165) is 33.3 Å². The van der Waals surface area contributed by atoms with Crippen molar-refractivity contribution in [2.75, 3.05) is 23.8 Å². The van der Waals surface area contributed by atoms with Crippen LogP contribution < -0.4 is 20.1 Å². The van der Waals surface area contributed by atoms with E-state index in [1.54, 1.807) is 42.7 Å². The van der Waals surface area contributed by atoms with Crippen LogP contribution in [0.3, 0.4) is 0 Å². The first-order chi connectivity index (χ1) is 30.9. The highest BCUT2D eigenvalue weighted by molar-refractivity contribution is 6.30. The van der Waals surface area contributed by atoms with Crippen molar-refractivity contribution in [3.8, 4) is 23.0 Å². The van der Waals surface area contributed by atoms with Gasteiger partial charge < -0.3 is 34.0 Å². The SMILES string of the molecule is Fc1ccc(COc2ccc(Nc3ncnc4cnc(-c5ccc(C6OCCO6)o5)cc34)cc2)cc1.Fc1ccc(COc2ccc(Nc3ncnc4cnc(Cl)cc34)cc2)cc1. The van der Waals surface area contributed by atoms with Gasteiger partial charge in [-0.15, -0.1) is 0 Å². The number of nitrogens with one attached hydrogen (secondary N) is 2. The molecule has 0 unspecified atom stereocenters. The third kappa shape index (κ3) is 10.3. The molecule has 9 aromatic rings. The topological polar surface area (TPSA) is 151 Å². The first-order valence-electron chi connectivity index (χ1n) is 19.6. The van der Waals surface area contributed by atoms with Gasteiger partial charge in [0, 0.05) is 22.1 Å². The monoisotopic (exact) mass is 864 g/mol. The highest BCUT2D eigenvalue weighted by Gasteiger charge is 2.22. The molecule has 0 bridgehead atoms. The number of ether oxygens (including phenoxy) is 4. The lowest BCUT2D eigenvalue weighted by Crippen LogP contribution is -1.98. The van der Waals surface area contributed by atoms with Gasteiger partial charge in [0.15, 0.2) is 11.5 Å². The van der Waals surface area contributed by atoms with E-state index in [4.69, 9.17) is 35.0 Å². The maximum atomic E-state index is 13.1. The van der Waals surface area contributed by atoms with E-state index >= 15 is 0 Å². The number of furan rings is 1. The third-order valence-electron chi connectivity index (χ3n) is 9.61. The molecule has 63 heavy (non-hydrogen) atoms. The van der Waals surface area contributed by atoms with Gasteiger partial charge in [-0.3, -0.25) is 4.98 Å². The fraction of sp³-hybridized carbons (Fsp3) is 0.106. The van der Waals surface area contributed by atoms with E-state index in [0.29, 0.717) is 83.0 Å². The second-order valence-electron chi connectivity index (χ2n) is 14.0. The van der Waals surface area contributed by atoms with Crippen LogP contribution in [0.15, 0.2) is 151 Å². The Balaban J connectivity index is 0.000000167. The summed E-state index contributed by atoms with van der Waals surface area (Å²) in [5.74, 6) is 3.37. The van der Waals surface area contributed by atoms with Crippen molar-refractivity contribution in [3.05, 3.63) is 180 Å². The molecule has 1 saturated heterocycles. The highest BCUT2D eigenvalue weighted by Crippen LogP contribution is 2.32. The molecule has 1 aliphatic rings. The standard InChI is InChI=1S/C27H21FN4O4.C20H14ClFN4O/c28-18-3-1-17(2-4-18)15-35-20-7-5-19(6-8-20)32-26-21-13-22(29-14-23(21)30-16-31-26)24-9-10-25(36-24)27-33-11-12-34-27;21-19-9-17-18(10-23-19)24-12-25-20(17)26-15-5-7-16(8-6-15)27-11-13-1-3-14(22)4-2-13/h1-10,13-14,16,27H,11-12,15H2,(H,30,31,32);1-10,12H,11H2,(H,24,25,26). The molecule has 4 aromatic carbocycles. The van der Waals surface area contributed by atoms with Crippen molar-refractivity contribution in [3.63, 3.8) is 0 Å². The lowest BCUT2D eigenvalue weighted by Gasteiger charge is -2.11. The van der Waals surface area contributed by atoms with Crippen LogP contribution in [0.25, 0.3) is 33.3 Å². The number of nitrogens with zero attached hydrogens (tertiary/aromatic N) is 6. The Morgan fingerprint density at radius 3 is 1.62 bits per heavy atom. The summed E-state index contributed by atoms with van der Waals surface area (Å²) in [4.78, 5) is 25.7. The van der Waals surface area contributed by atoms with Gasteiger partial charge >= 0.3 is 0 Å². The summed E-state index contributed by atoms with van der Waals surface area (Å²) in [6.45, 7) is 1.81.